The number of nitrogens with zero attached hydrogens (tertiary/aromatic N) is 4. The monoisotopic (exact) mass is 549 g/mol. The molecule has 37 heavy (non-hydrogen) atoms. The fourth-order valence-corrected chi connectivity index (χ4v) is 6.07. The number of amides is 1. The van der Waals surface area contributed by atoms with E-state index in [1.54, 1.807) is 6.20 Å². The van der Waals surface area contributed by atoms with Crippen LogP contribution in [0, 0.1) is 11.7 Å². The molecule has 2 saturated carbocycles. The number of aliphatic hydroxyl groups is 1. The van der Waals surface area contributed by atoms with E-state index in [4.69, 9.17) is 33.9 Å². The van der Waals surface area contributed by atoms with Gasteiger partial charge in [0, 0.05) is 23.0 Å². The lowest BCUT2D eigenvalue weighted by Gasteiger charge is -2.34. The molecule has 3 aromatic rings. The van der Waals surface area contributed by atoms with Gasteiger partial charge in [0.2, 0.25) is 17.8 Å². The number of nitrogens with one attached hydrogen (secondary N) is 2. The lowest BCUT2D eigenvalue weighted by atomic mass is 9.83. The lowest BCUT2D eigenvalue weighted by Crippen LogP contribution is -2.38. The van der Waals surface area contributed by atoms with Crippen LogP contribution in [-0.4, -0.2) is 42.2 Å². The van der Waals surface area contributed by atoms with Crippen molar-refractivity contribution in [2.45, 2.75) is 76.0 Å². The van der Waals surface area contributed by atoms with E-state index in [1.165, 1.54) is 12.1 Å². The molecule has 12 heteroatoms. The summed E-state index contributed by atoms with van der Waals surface area (Å²) in [4.78, 5) is 25.6. The van der Waals surface area contributed by atoms with Gasteiger partial charge in [0.15, 0.2) is 5.65 Å². The molecule has 5 rings (SSSR count). The SMILES string of the molecule is C[C@]1(O)CCC[C@@H](Nc2ncc3nc(Nc4c(F)cc(Cl)cc4Cl)n([C@H]4CC[C@@H](C(N)=O)CC4)c3n2)C1. The van der Waals surface area contributed by atoms with E-state index in [1.807, 2.05) is 11.5 Å². The third kappa shape index (κ3) is 5.61. The van der Waals surface area contributed by atoms with Crippen LogP contribution in [0.15, 0.2) is 18.3 Å². The first kappa shape index (κ1) is 25.9. The number of hydrogen-bond donors (Lipinski definition) is 4. The number of nitrogens with two attached hydrogens (primary N) is 1. The van der Waals surface area contributed by atoms with Gasteiger partial charge in [0.1, 0.15) is 11.3 Å². The predicted molar refractivity (Wildman–Crippen MR) is 142 cm³/mol. The van der Waals surface area contributed by atoms with E-state index in [0.29, 0.717) is 55.2 Å². The third-order valence-corrected chi connectivity index (χ3v) is 7.94. The number of hydrogen-bond acceptors (Lipinski definition) is 7. The van der Waals surface area contributed by atoms with Crippen LogP contribution >= 0.6 is 23.2 Å². The molecule has 0 aliphatic heterocycles. The second-order valence-corrected chi connectivity index (χ2v) is 11.3. The summed E-state index contributed by atoms with van der Waals surface area (Å²) in [5, 5.41) is 17.2. The highest BCUT2D eigenvalue weighted by Crippen LogP contribution is 2.39. The van der Waals surface area contributed by atoms with Crippen molar-refractivity contribution in [3.63, 3.8) is 0 Å². The fraction of sp³-hybridized carbons (Fsp3) is 0.520. The normalized spacial score (nSPS) is 26.2. The summed E-state index contributed by atoms with van der Waals surface area (Å²) in [6.07, 6.45) is 7.47. The molecule has 2 aromatic heterocycles. The minimum atomic E-state index is -0.722. The number of anilines is 3. The van der Waals surface area contributed by atoms with Gasteiger partial charge in [-0.05, 0) is 70.4 Å². The Bertz CT molecular complexity index is 1300. The molecule has 0 unspecified atom stereocenters. The maximum Gasteiger partial charge on any atom is 0.224 e. The molecule has 0 saturated heterocycles. The highest BCUT2D eigenvalue weighted by Gasteiger charge is 2.32. The number of benzene rings is 1. The van der Waals surface area contributed by atoms with Crippen molar-refractivity contribution in [3.05, 3.63) is 34.2 Å². The number of fused-ring (bicyclic) bond motifs is 1. The molecule has 1 amide bonds. The van der Waals surface area contributed by atoms with Gasteiger partial charge >= 0.3 is 0 Å². The molecule has 0 spiro atoms. The molecule has 5 N–H and O–H groups in total. The van der Waals surface area contributed by atoms with Crippen LogP contribution in [0.25, 0.3) is 11.2 Å². The Hall–Kier alpha value is -2.69. The molecule has 2 atom stereocenters. The molecule has 0 radical (unpaired) electrons. The summed E-state index contributed by atoms with van der Waals surface area (Å²) < 4.78 is 16.7. The van der Waals surface area contributed by atoms with Gasteiger partial charge in [-0.1, -0.05) is 23.2 Å². The molecule has 9 nitrogen and oxygen atoms in total. The topological polar surface area (TPSA) is 131 Å². The molecule has 2 fully saturated rings. The Morgan fingerprint density at radius 1 is 1.22 bits per heavy atom. The first-order chi connectivity index (χ1) is 17.6. The first-order valence-corrected chi connectivity index (χ1v) is 13.3. The minimum Gasteiger partial charge on any atom is -0.390 e. The van der Waals surface area contributed by atoms with E-state index in [2.05, 4.69) is 20.6 Å². The van der Waals surface area contributed by atoms with Gasteiger partial charge in [-0.25, -0.2) is 14.4 Å². The minimum absolute atomic E-state index is 0.0446. The largest absolute Gasteiger partial charge is 0.390 e. The Kier molecular flexibility index (Phi) is 7.17. The van der Waals surface area contributed by atoms with E-state index in [-0.39, 0.29) is 39.6 Å². The summed E-state index contributed by atoms with van der Waals surface area (Å²) in [6, 6.07) is 2.64. The summed E-state index contributed by atoms with van der Waals surface area (Å²) in [5.74, 6) is -0.264. The standard InChI is InChI=1S/C25H30Cl2FN7O2/c1-25(37)8-2-3-15(11-25)31-23-30-12-19-22(34-23)35(16-6-4-13(5-7-16)21(29)36)24(32-19)33-20-17(27)9-14(26)10-18(20)28/h9-10,12-13,15-16,37H,2-8,11H2,1H3,(H2,29,36)(H,32,33)(H,30,31,34)/t13-,15-,16+,25+/m1/s1. The number of imidazole rings is 1. The Morgan fingerprint density at radius 2 is 1.97 bits per heavy atom. The molecule has 0 bridgehead atoms. The zero-order valence-electron chi connectivity index (χ0n) is 20.5. The smallest absolute Gasteiger partial charge is 0.224 e. The van der Waals surface area contributed by atoms with E-state index in [0.717, 1.165) is 19.3 Å². The number of carbonyl (C=O) groups excluding carboxylic acids is 1. The van der Waals surface area contributed by atoms with Crippen LogP contribution in [0.1, 0.15) is 64.3 Å². The van der Waals surface area contributed by atoms with Gasteiger partial charge in [-0.15, -0.1) is 0 Å². The van der Waals surface area contributed by atoms with Gasteiger partial charge in [-0.2, -0.15) is 4.98 Å². The number of rotatable bonds is 6. The van der Waals surface area contributed by atoms with Crippen LogP contribution in [0.2, 0.25) is 10.0 Å². The van der Waals surface area contributed by atoms with Crippen LogP contribution in [0.4, 0.5) is 22.0 Å². The van der Waals surface area contributed by atoms with Crippen molar-refractivity contribution < 1.29 is 14.3 Å². The van der Waals surface area contributed by atoms with Crippen molar-refractivity contribution >= 4 is 57.9 Å². The van der Waals surface area contributed by atoms with E-state index < -0.39 is 11.4 Å². The van der Waals surface area contributed by atoms with E-state index >= 15 is 0 Å². The van der Waals surface area contributed by atoms with Gasteiger partial charge in [0.05, 0.1) is 22.5 Å². The molecular weight excluding hydrogens is 520 g/mol. The van der Waals surface area contributed by atoms with Crippen molar-refractivity contribution in [1.82, 2.24) is 19.5 Å². The zero-order valence-corrected chi connectivity index (χ0v) is 22.0. The molecule has 2 aliphatic rings. The number of primary amides is 1. The number of aromatic nitrogens is 4. The summed E-state index contributed by atoms with van der Waals surface area (Å²) in [5.41, 5.74) is 5.99. The van der Waals surface area contributed by atoms with Crippen LogP contribution in [0.3, 0.4) is 0 Å². The van der Waals surface area contributed by atoms with Crippen molar-refractivity contribution in [2.24, 2.45) is 11.7 Å². The quantitative estimate of drug-likeness (QED) is 0.326. The Labute approximate surface area is 224 Å². The molecule has 198 valence electrons. The van der Waals surface area contributed by atoms with E-state index in [9.17, 15) is 14.3 Å². The van der Waals surface area contributed by atoms with Crippen molar-refractivity contribution in [1.29, 1.82) is 0 Å². The van der Waals surface area contributed by atoms with Crippen LogP contribution in [0.5, 0.6) is 0 Å². The maximum absolute atomic E-state index is 14.8. The third-order valence-electron chi connectivity index (χ3n) is 7.43. The Balaban J connectivity index is 1.51. The van der Waals surface area contributed by atoms with Crippen LogP contribution < -0.4 is 16.4 Å². The molecule has 2 heterocycles. The van der Waals surface area contributed by atoms with Gasteiger partial charge in [0.25, 0.3) is 0 Å². The second kappa shape index (κ2) is 10.2. The summed E-state index contributed by atoms with van der Waals surface area (Å²) in [6.45, 7) is 1.85. The number of carbonyl (C=O) groups is 1. The molecular formula is C25H30Cl2FN7O2. The van der Waals surface area contributed by atoms with Crippen LogP contribution in [-0.2, 0) is 4.79 Å². The average Bonchev–Trinajstić information content (AvgIpc) is 3.18. The first-order valence-electron chi connectivity index (χ1n) is 12.5. The maximum atomic E-state index is 14.8. The average molecular weight is 550 g/mol. The fourth-order valence-electron chi connectivity index (χ4n) is 5.56. The predicted octanol–water partition coefficient (Wildman–Crippen LogP) is 5.34. The molecule has 1 aromatic carbocycles. The Morgan fingerprint density at radius 3 is 2.65 bits per heavy atom. The van der Waals surface area contributed by atoms with Crippen molar-refractivity contribution in [2.75, 3.05) is 10.6 Å². The second-order valence-electron chi connectivity index (χ2n) is 10.4. The summed E-state index contributed by atoms with van der Waals surface area (Å²) >= 11 is 12.2. The lowest BCUT2D eigenvalue weighted by molar-refractivity contribution is -0.122. The highest BCUT2D eigenvalue weighted by molar-refractivity contribution is 6.36. The highest BCUT2D eigenvalue weighted by atomic mass is 35.5. The summed E-state index contributed by atoms with van der Waals surface area (Å²) in [7, 11) is 0. The zero-order chi connectivity index (χ0) is 26.3. The van der Waals surface area contributed by atoms with Gasteiger partial charge < -0.3 is 21.5 Å². The van der Waals surface area contributed by atoms with Crippen molar-refractivity contribution in [3.8, 4) is 0 Å². The van der Waals surface area contributed by atoms with Gasteiger partial charge in [-0.3, -0.25) is 9.36 Å². The molecule has 2 aliphatic carbocycles. The number of halogens is 3.